The number of carbonyl (C=O) groups excluding carboxylic acids is 1. The second-order valence-corrected chi connectivity index (χ2v) is 4.19. The molecular formula is C9H11BrF2N4O. The monoisotopic (exact) mass is 308 g/mol. The Balaban J connectivity index is 2.98. The van der Waals surface area contributed by atoms with Gasteiger partial charge in [-0.05, 0) is 22.0 Å². The third-order valence-electron chi connectivity index (χ3n) is 1.98. The molecule has 1 aromatic heterocycles. The predicted octanol–water partition coefficient (Wildman–Crippen LogP) is 1.47. The van der Waals surface area contributed by atoms with Crippen molar-refractivity contribution in [1.82, 2.24) is 9.88 Å². The van der Waals surface area contributed by atoms with Crippen LogP contribution in [0.25, 0.3) is 0 Å². The van der Waals surface area contributed by atoms with E-state index < -0.39 is 18.9 Å². The minimum absolute atomic E-state index is 0.130. The van der Waals surface area contributed by atoms with E-state index in [1.54, 1.807) is 0 Å². The lowest BCUT2D eigenvalue weighted by atomic mass is 10.2. The van der Waals surface area contributed by atoms with Gasteiger partial charge in [-0.15, -0.1) is 0 Å². The highest BCUT2D eigenvalue weighted by molar-refractivity contribution is 9.10. The number of nitrogen functional groups attached to an aromatic ring is 1. The fraction of sp³-hybridized carbons (Fsp3) is 0.333. The van der Waals surface area contributed by atoms with Gasteiger partial charge in [0.25, 0.3) is 12.3 Å². The Morgan fingerprint density at radius 1 is 1.71 bits per heavy atom. The number of alkyl halides is 2. The minimum Gasteiger partial charge on any atom is -0.336 e. The molecule has 8 heteroatoms. The van der Waals surface area contributed by atoms with Gasteiger partial charge in [-0.1, -0.05) is 0 Å². The molecule has 0 atom stereocenters. The molecule has 0 unspecified atom stereocenters. The third-order valence-corrected chi connectivity index (χ3v) is 2.41. The van der Waals surface area contributed by atoms with Crippen LogP contribution in [0.5, 0.6) is 0 Å². The van der Waals surface area contributed by atoms with Crippen molar-refractivity contribution in [2.45, 2.75) is 6.43 Å². The predicted molar refractivity (Wildman–Crippen MR) is 62.7 cm³/mol. The number of nitrogens with two attached hydrogens (primary N) is 1. The molecule has 94 valence electrons. The van der Waals surface area contributed by atoms with E-state index in [-0.39, 0.29) is 11.4 Å². The summed E-state index contributed by atoms with van der Waals surface area (Å²) >= 11 is 3.14. The Bertz CT molecular complexity index is 416. The SMILES string of the molecule is CN(CC(F)F)C(=O)c1cc(Br)cnc1NN. The van der Waals surface area contributed by atoms with Gasteiger partial charge in [0.05, 0.1) is 12.1 Å². The van der Waals surface area contributed by atoms with Gasteiger partial charge >= 0.3 is 0 Å². The number of hydrazine groups is 1. The first-order valence-electron chi connectivity index (χ1n) is 4.61. The van der Waals surface area contributed by atoms with Crippen molar-refractivity contribution in [3.05, 3.63) is 22.3 Å². The summed E-state index contributed by atoms with van der Waals surface area (Å²) in [6.45, 7) is -0.643. The van der Waals surface area contributed by atoms with Gasteiger partial charge in [-0.2, -0.15) is 0 Å². The van der Waals surface area contributed by atoms with Gasteiger partial charge in [-0.3, -0.25) is 4.79 Å². The van der Waals surface area contributed by atoms with Crippen LogP contribution in [0.15, 0.2) is 16.7 Å². The first-order valence-corrected chi connectivity index (χ1v) is 5.40. The number of nitrogens with zero attached hydrogens (tertiary/aromatic N) is 2. The number of halogens is 3. The molecule has 0 aliphatic heterocycles. The molecule has 5 nitrogen and oxygen atoms in total. The summed E-state index contributed by atoms with van der Waals surface area (Å²) in [6.07, 6.45) is -1.14. The molecule has 0 spiro atoms. The zero-order valence-corrected chi connectivity index (χ0v) is 10.5. The lowest BCUT2D eigenvalue weighted by Crippen LogP contribution is -2.32. The van der Waals surface area contributed by atoms with E-state index in [1.165, 1.54) is 19.3 Å². The van der Waals surface area contributed by atoms with Crippen LogP contribution in [0.2, 0.25) is 0 Å². The summed E-state index contributed by atoms with van der Waals surface area (Å²) in [6, 6.07) is 1.46. The molecule has 0 bridgehead atoms. The van der Waals surface area contributed by atoms with E-state index in [9.17, 15) is 13.6 Å². The standard InChI is InChI=1S/C9H11BrF2N4O/c1-16(4-7(11)12)9(17)6-2-5(10)3-14-8(6)15-13/h2-3,7H,4,13H2,1H3,(H,14,15). The van der Waals surface area contributed by atoms with E-state index in [2.05, 4.69) is 26.3 Å². The van der Waals surface area contributed by atoms with E-state index in [0.29, 0.717) is 4.47 Å². The number of hydrogen-bond donors (Lipinski definition) is 2. The fourth-order valence-corrected chi connectivity index (χ4v) is 1.54. The lowest BCUT2D eigenvalue weighted by molar-refractivity contribution is 0.0620. The zero-order valence-electron chi connectivity index (χ0n) is 8.95. The molecule has 0 aliphatic carbocycles. The number of nitrogens with one attached hydrogen (secondary N) is 1. The number of anilines is 1. The van der Waals surface area contributed by atoms with Crippen LogP contribution < -0.4 is 11.3 Å². The Kier molecular flexibility index (Phi) is 4.76. The largest absolute Gasteiger partial charge is 0.336 e. The Morgan fingerprint density at radius 3 is 2.88 bits per heavy atom. The molecule has 17 heavy (non-hydrogen) atoms. The Morgan fingerprint density at radius 2 is 2.35 bits per heavy atom. The highest BCUT2D eigenvalue weighted by Crippen LogP contribution is 2.19. The van der Waals surface area contributed by atoms with Crippen LogP contribution in [-0.4, -0.2) is 35.8 Å². The van der Waals surface area contributed by atoms with Crippen LogP contribution in [-0.2, 0) is 0 Å². The summed E-state index contributed by atoms with van der Waals surface area (Å²) in [5.74, 6) is 4.75. The maximum Gasteiger partial charge on any atom is 0.257 e. The van der Waals surface area contributed by atoms with Crippen molar-refractivity contribution in [1.29, 1.82) is 0 Å². The summed E-state index contributed by atoms with van der Waals surface area (Å²) in [7, 11) is 1.29. The maximum absolute atomic E-state index is 12.2. The van der Waals surface area contributed by atoms with Crippen LogP contribution in [0, 0.1) is 0 Å². The third kappa shape index (κ3) is 3.60. The second-order valence-electron chi connectivity index (χ2n) is 3.27. The number of amides is 1. The normalized spacial score (nSPS) is 10.5. The first kappa shape index (κ1) is 13.8. The van der Waals surface area contributed by atoms with E-state index in [4.69, 9.17) is 5.84 Å². The van der Waals surface area contributed by atoms with Gasteiger partial charge in [0.15, 0.2) is 5.82 Å². The molecule has 3 N–H and O–H groups in total. The number of aromatic nitrogens is 1. The second kappa shape index (κ2) is 5.87. The fourth-order valence-electron chi connectivity index (χ4n) is 1.21. The van der Waals surface area contributed by atoms with Gasteiger partial charge < -0.3 is 10.3 Å². The average Bonchev–Trinajstić information content (AvgIpc) is 2.27. The van der Waals surface area contributed by atoms with Gasteiger partial charge in [-0.25, -0.2) is 19.6 Å². The molecule has 0 radical (unpaired) electrons. The van der Waals surface area contributed by atoms with Crippen molar-refractivity contribution >= 4 is 27.7 Å². The maximum atomic E-state index is 12.2. The van der Waals surface area contributed by atoms with E-state index in [0.717, 1.165) is 4.90 Å². The average molecular weight is 309 g/mol. The number of carbonyl (C=O) groups is 1. The Hall–Kier alpha value is -1.28. The molecule has 0 fully saturated rings. The number of rotatable bonds is 4. The minimum atomic E-state index is -2.58. The summed E-state index contributed by atoms with van der Waals surface area (Å²) in [5, 5.41) is 0. The molecule has 0 aromatic carbocycles. The topological polar surface area (TPSA) is 71.2 Å². The van der Waals surface area contributed by atoms with Crippen LogP contribution >= 0.6 is 15.9 Å². The van der Waals surface area contributed by atoms with Gasteiger partial charge in [0.2, 0.25) is 0 Å². The van der Waals surface area contributed by atoms with E-state index >= 15 is 0 Å². The molecule has 1 rings (SSSR count). The highest BCUT2D eigenvalue weighted by atomic mass is 79.9. The summed E-state index contributed by atoms with van der Waals surface area (Å²) < 4.78 is 24.9. The molecule has 1 aromatic rings. The van der Waals surface area contributed by atoms with Crippen molar-refractivity contribution in [2.75, 3.05) is 19.0 Å². The highest BCUT2D eigenvalue weighted by Gasteiger charge is 2.19. The molecule has 0 aliphatic rings. The molecule has 0 saturated heterocycles. The van der Waals surface area contributed by atoms with Gasteiger partial charge in [0.1, 0.15) is 0 Å². The van der Waals surface area contributed by atoms with Crippen molar-refractivity contribution < 1.29 is 13.6 Å². The molecule has 1 amide bonds. The molecule has 0 saturated carbocycles. The van der Waals surface area contributed by atoms with Crippen LogP contribution in [0.4, 0.5) is 14.6 Å². The number of pyridine rings is 1. The number of hydrogen-bond acceptors (Lipinski definition) is 4. The quantitative estimate of drug-likeness (QED) is 0.652. The van der Waals surface area contributed by atoms with E-state index in [1.807, 2.05) is 0 Å². The van der Waals surface area contributed by atoms with Crippen molar-refractivity contribution in [3.63, 3.8) is 0 Å². The van der Waals surface area contributed by atoms with Crippen molar-refractivity contribution in [3.8, 4) is 0 Å². The Labute approximate surface area is 105 Å². The molecule has 1 heterocycles. The molecular weight excluding hydrogens is 298 g/mol. The summed E-state index contributed by atoms with van der Waals surface area (Å²) in [5.41, 5.74) is 2.37. The smallest absolute Gasteiger partial charge is 0.257 e. The zero-order chi connectivity index (χ0) is 13.0. The van der Waals surface area contributed by atoms with Crippen LogP contribution in [0.3, 0.4) is 0 Å². The van der Waals surface area contributed by atoms with Crippen LogP contribution in [0.1, 0.15) is 10.4 Å². The van der Waals surface area contributed by atoms with Crippen molar-refractivity contribution in [2.24, 2.45) is 5.84 Å². The van der Waals surface area contributed by atoms with Gasteiger partial charge in [0, 0.05) is 17.7 Å². The lowest BCUT2D eigenvalue weighted by Gasteiger charge is -2.18. The first-order chi connectivity index (χ1) is 7.95. The summed E-state index contributed by atoms with van der Waals surface area (Å²) in [4.78, 5) is 16.6.